The maximum Gasteiger partial charge on any atom is 0.254 e. The van der Waals surface area contributed by atoms with Crippen molar-refractivity contribution >= 4 is 45.8 Å². The number of rotatable bonds is 10. The van der Waals surface area contributed by atoms with Crippen LogP contribution in [0.15, 0.2) is 29.6 Å². The maximum absolute atomic E-state index is 12.9. The van der Waals surface area contributed by atoms with Crippen molar-refractivity contribution in [1.82, 2.24) is 15.2 Å². The lowest BCUT2D eigenvalue weighted by molar-refractivity contribution is -0.120. The molecule has 3 amide bonds. The summed E-state index contributed by atoms with van der Waals surface area (Å²) in [6, 6.07) is 6.59. The number of amides is 3. The van der Waals surface area contributed by atoms with Gasteiger partial charge in [0.25, 0.3) is 5.91 Å². The van der Waals surface area contributed by atoms with Gasteiger partial charge in [-0.05, 0) is 36.1 Å². The van der Waals surface area contributed by atoms with Crippen LogP contribution in [0.25, 0.3) is 0 Å². The van der Waals surface area contributed by atoms with Crippen molar-refractivity contribution < 1.29 is 14.4 Å². The fourth-order valence-corrected chi connectivity index (χ4v) is 3.61. The first kappa shape index (κ1) is 24.8. The Morgan fingerprint density at radius 2 is 1.74 bits per heavy atom. The molecule has 0 bridgehead atoms. The van der Waals surface area contributed by atoms with Gasteiger partial charge in [0.1, 0.15) is 6.54 Å². The quantitative estimate of drug-likeness (QED) is 0.558. The molecule has 0 aliphatic heterocycles. The minimum Gasteiger partial charge on any atom is -0.356 e. The molecule has 2 rings (SSSR count). The van der Waals surface area contributed by atoms with E-state index in [2.05, 4.69) is 15.6 Å². The van der Waals surface area contributed by atoms with Gasteiger partial charge in [-0.2, -0.15) is 0 Å². The Labute approximate surface area is 192 Å². The lowest BCUT2D eigenvalue weighted by atomic mass is 10.1. The average Bonchev–Trinajstić information content (AvgIpc) is 3.12. The number of nitrogens with zero attached hydrogens (tertiary/aromatic N) is 2. The number of aromatic nitrogens is 1. The zero-order valence-electron chi connectivity index (χ0n) is 18.3. The second-order valence-corrected chi connectivity index (χ2v) is 9.45. The molecule has 0 radical (unpaired) electrons. The highest BCUT2D eigenvalue weighted by Gasteiger charge is 2.20. The van der Waals surface area contributed by atoms with Gasteiger partial charge in [-0.3, -0.25) is 14.4 Å². The number of benzene rings is 1. The molecule has 0 spiro atoms. The largest absolute Gasteiger partial charge is 0.356 e. The summed E-state index contributed by atoms with van der Waals surface area (Å²) in [5.41, 5.74) is 1.07. The summed E-state index contributed by atoms with van der Waals surface area (Å²) in [6.45, 7) is 8.97. The van der Waals surface area contributed by atoms with Crippen LogP contribution in [0.2, 0.25) is 5.02 Å². The summed E-state index contributed by atoms with van der Waals surface area (Å²) in [5.74, 6) is -0.109. The number of carbonyl (C=O) groups excluding carboxylic acids is 3. The predicted octanol–water partition coefficient (Wildman–Crippen LogP) is 3.85. The van der Waals surface area contributed by atoms with Crippen molar-refractivity contribution in [2.75, 3.05) is 25.0 Å². The molecule has 31 heavy (non-hydrogen) atoms. The number of halogens is 1. The summed E-state index contributed by atoms with van der Waals surface area (Å²) in [6.07, 6.45) is 0.160. The molecule has 7 nitrogen and oxygen atoms in total. The number of hydrogen-bond donors (Lipinski definition) is 2. The van der Waals surface area contributed by atoms with Gasteiger partial charge in [-0.1, -0.05) is 39.3 Å². The second kappa shape index (κ2) is 11.8. The van der Waals surface area contributed by atoms with Gasteiger partial charge in [0.05, 0.1) is 12.1 Å². The lowest BCUT2D eigenvalue weighted by Crippen LogP contribution is -2.40. The van der Waals surface area contributed by atoms with Crippen molar-refractivity contribution in [2.24, 2.45) is 11.8 Å². The van der Waals surface area contributed by atoms with Gasteiger partial charge in [0.2, 0.25) is 11.8 Å². The van der Waals surface area contributed by atoms with Crippen LogP contribution in [0.1, 0.15) is 43.7 Å². The Morgan fingerprint density at radius 1 is 1.06 bits per heavy atom. The molecule has 1 aromatic carbocycles. The minimum absolute atomic E-state index is 0.0938. The topological polar surface area (TPSA) is 91.4 Å². The van der Waals surface area contributed by atoms with Crippen LogP contribution in [-0.4, -0.2) is 47.2 Å². The molecular weight excluding hydrogens is 436 g/mol. The van der Waals surface area contributed by atoms with E-state index in [0.29, 0.717) is 40.4 Å². The van der Waals surface area contributed by atoms with E-state index in [4.69, 9.17) is 11.6 Å². The summed E-state index contributed by atoms with van der Waals surface area (Å²) >= 11 is 7.15. The van der Waals surface area contributed by atoms with E-state index in [9.17, 15) is 14.4 Å². The molecular formula is C22H29ClN4O3S. The molecule has 168 valence electrons. The molecule has 0 saturated carbocycles. The molecule has 1 heterocycles. The molecule has 1 aromatic heterocycles. The van der Waals surface area contributed by atoms with Gasteiger partial charge >= 0.3 is 0 Å². The van der Waals surface area contributed by atoms with E-state index in [1.807, 2.05) is 27.7 Å². The first-order chi connectivity index (χ1) is 14.6. The van der Waals surface area contributed by atoms with E-state index >= 15 is 0 Å². The van der Waals surface area contributed by atoms with Gasteiger partial charge in [0, 0.05) is 29.1 Å². The second-order valence-electron chi connectivity index (χ2n) is 8.15. The summed E-state index contributed by atoms with van der Waals surface area (Å²) in [7, 11) is 0. The Kier molecular flexibility index (Phi) is 9.45. The number of nitrogens with one attached hydrogen (secondary N) is 2. The van der Waals surface area contributed by atoms with Gasteiger partial charge < -0.3 is 15.5 Å². The molecule has 0 unspecified atom stereocenters. The standard InChI is InChI=1S/C22H29ClN4O3S/c1-14(2)10-24-19(28)9-18-13-31-22(25-18)26-20(29)12-27(11-15(3)4)21(30)16-5-7-17(23)8-6-16/h5-8,13-15H,9-12H2,1-4H3,(H,24,28)(H,25,26,29). The maximum atomic E-state index is 12.9. The molecule has 2 N–H and O–H groups in total. The molecule has 0 saturated heterocycles. The lowest BCUT2D eigenvalue weighted by Gasteiger charge is -2.24. The summed E-state index contributed by atoms with van der Waals surface area (Å²) in [4.78, 5) is 43.2. The minimum atomic E-state index is -0.340. The molecule has 9 heteroatoms. The number of carbonyl (C=O) groups is 3. The zero-order chi connectivity index (χ0) is 23.0. The number of hydrogen-bond acceptors (Lipinski definition) is 5. The molecule has 0 atom stereocenters. The fraction of sp³-hybridized carbons (Fsp3) is 0.455. The van der Waals surface area contributed by atoms with Crippen molar-refractivity contribution in [2.45, 2.75) is 34.1 Å². The molecule has 0 aliphatic carbocycles. The third-order valence-corrected chi connectivity index (χ3v) is 5.20. The van der Waals surface area contributed by atoms with Crippen LogP contribution in [0.4, 0.5) is 5.13 Å². The van der Waals surface area contributed by atoms with Crippen LogP contribution in [-0.2, 0) is 16.0 Å². The first-order valence-electron chi connectivity index (χ1n) is 10.2. The van der Waals surface area contributed by atoms with Crippen molar-refractivity contribution in [1.29, 1.82) is 0 Å². The van der Waals surface area contributed by atoms with Crippen molar-refractivity contribution in [3.05, 3.63) is 45.9 Å². The van der Waals surface area contributed by atoms with Crippen LogP contribution >= 0.6 is 22.9 Å². The normalized spacial score (nSPS) is 10.9. The Morgan fingerprint density at radius 3 is 2.35 bits per heavy atom. The van der Waals surface area contributed by atoms with E-state index in [0.717, 1.165) is 0 Å². The highest BCUT2D eigenvalue weighted by Crippen LogP contribution is 2.17. The number of anilines is 1. The highest BCUT2D eigenvalue weighted by atomic mass is 35.5. The molecule has 2 aromatic rings. The van der Waals surface area contributed by atoms with Gasteiger partial charge in [0.15, 0.2) is 5.13 Å². The Bertz CT molecular complexity index is 896. The molecule has 0 aliphatic rings. The van der Waals surface area contributed by atoms with Crippen LogP contribution < -0.4 is 10.6 Å². The van der Waals surface area contributed by atoms with Crippen LogP contribution in [0, 0.1) is 11.8 Å². The Balaban J connectivity index is 1.96. The average molecular weight is 465 g/mol. The zero-order valence-corrected chi connectivity index (χ0v) is 19.8. The SMILES string of the molecule is CC(C)CNC(=O)Cc1csc(NC(=O)CN(CC(C)C)C(=O)c2ccc(Cl)cc2)n1. The fourth-order valence-electron chi connectivity index (χ4n) is 2.76. The smallest absolute Gasteiger partial charge is 0.254 e. The summed E-state index contributed by atoms with van der Waals surface area (Å²) < 4.78 is 0. The predicted molar refractivity (Wildman–Crippen MR) is 124 cm³/mol. The van der Waals surface area contributed by atoms with Crippen molar-refractivity contribution in [3.63, 3.8) is 0 Å². The van der Waals surface area contributed by atoms with E-state index in [1.165, 1.54) is 16.2 Å². The monoisotopic (exact) mass is 464 g/mol. The van der Waals surface area contributed by atoms with E-state index in [-0.39, 0.29) is 36.6 Å². The first-order valence-corrected chi connectivity index (χ1v) is 11.5. The third-order valence-electron chi connectivity index (χ3n) is 4.15. The van der Waals surface area contributed by atoms with E-state index in [1.54, 1.807) is 29.6 Å². The molecule has 0 fully saturated rings. The summed E-state index contributed by atoms with van der Waals surface area (Å²) in [5, 5.41) is 8.26. The third kappa shape index (κ3) is 8.67. The highest BCUT2D eigenvalue weighted by molar-refractivity contribution is 7.13. The van der Waals surface area contributed by atoms with Crippen molar-refractivity contribution in [3.8, 4) is 0 Å². The van der Waals surface area contributed by atoms with Crippen LogP contribution in [0.5, 0.6) is 0 Å². The Hall–Kier alpha value is -2.45. The van der Waals surface area contributed by atoms with Gasteiger partial charge in [-0.15, -0.1) is 11.3 Å². The van der Waals surface area contributed by atoms with Gasteiger partial charge in [-0.25, -0.2) is 4.98 Å². The number of thiazole rings is 1. The van der Waals surface area contributed by atoms with E-state index < -0.39 is 0 Å². The van der Waals surface area contributed by atoms with Crippen LogP contribution in [0.3, 0.4) is 0 Å².